The highest BCUT2D eigenvalue weighted by atomic mass is 32.2. The zero-order valence-corrected chi connectivity index (χ0v) is 15.3. The molecule has 5 nitrogen and oxygen atoms in total. The van der Waals surface area contributed by atoms with Crippen LogP contribution in [0, 0.1) is 0 Å². The van der Waals surface area contributed by atoms with E-state index in [1.54, 1.807) is 12.4 Å². The Morgan fingerprint density at radius 2 is 1.80 bits per heavy atom. The average Bonchev–Trinajstić information content (AvgIpc) is 3.02. The van der Waals surface area contributed by atoms with Crippen molar-refractivity contribution >= 4 is 17.5 Å². The van der Waals surface area contributed by atoms with Crippen molar-refractivity contribution in [3.8, 4) is 11.4 Å². The molecule has 128 valence electrons. The van der Waals surface area contributed by atoms with Crippen molar-refractivity contribution in [3.05, 3.63) is 59.9 Å². The molecule has 1 aromatic carbocycles. The van der Waals surface area contributed by atoms with E-state index >= 15 is 0 Å². The van der Waals surface area contributed by atoms with Crippen LogP contribution in [0.5, 0.6) is 0 Å². The van der Waals surface area contributed by atoms with E-state index in [0.717, 1.165) is 28.5 Å². The largest absolute Gasteiger partial charge is 0.305 e. The molecule has 0 N–H and O–H groups in total. The van der Waals surface area contributed by atoms with Gasteiger partial charge in [0.1, 0.15) is 0 Å². The van der Waals surface area contributed by atoms with E-state index in [-0.39, 0.29) is 11.0 Å². The number of ketones is 1. The molecule has 2 heterocycles. The van der Waals surface area contributed by atoms with Crippen LogP contribution >= 0.6 is 11.8 Å². The minimum absolute atomic E-state index is 0.0983. The van der Waals surface area contributed by atoms with Gasteiger partial charge in [0.2, 0.25) is 0 Å². The highest BCUT2D eigenvalue weighted by Gasteiger charge is 2.20. The second-order valence-electron chi connectivity index (χ2n) is 5.78. The van der Waals surface area contributed by atoms with Crippen LogP contribution in [0.15, 0.2) is 53.9 Å². The van der Waals surface area contributed by atoms with Crippen LogP contribution in [0.3, 0.4) is 0 Å². The Bertz CT molecular complexity index is 859. The number of aryl methyl sites for hydroxylation is 1. The Morgan fingerprint density at radius 1 is 1.12 bits per heavy atom. The monoisotopic (exact) mass is 352 g/mol. The number of hydrogen-bond acceptors (Lipinski definition) is 5. The quantitative estimate of drug-likeness (QED) is 0.499. The zero-order chi connectivity index (χ0) is 17.8. The maximum atomic E-state index is 12.7. The number of carbonyl (C=O) groups is 1. The third-order valence-electron chi connectivity index (χ3n) is 4.07. The maximum absolute atomic E-state index is 12.7. The van der Waals surface area contributed by atoms with E-state index in [1.807, 2.05) is 54.9 Å². The molecule has 0 aliphatic heterocycles. The molecule has 0 saturated heterocycles. The SMILES string of the molecule is CCc1ccc(C(=O)[C@H](C)Sc2nnc(-c3ccncc3)n2C)cc1. The summed E-state index contributed by atoms with van der Waals surface area (Å²) in [4.78, 5) is 16.7. The van der Waals surface area contributed by atoms with E-state index in [4.69, 9.17) is 0 Å². The Balaban J connectivity index is 1.75. The topological polar surface area (TPSA) is 60.7 Å². The minimum atomic E-state index is -0.235. The van der Waals surface area contributed by atoms with Crippen LogP contribution in [0.2, 0.25) is 0 Å². The van der Waals surface area contributed by atoms with Gasteiger partial charge in [-0.15, -0.1) is 10.2 Å². The Kier molecular flexibility index (Phi) is 5.28. The van der Waals surface area contributed by atoms with Gasteiger partial charge in [-0.1, -0.05) is 43.0 Å². The van der Waals surface area contributed by atoms with E-state index < -0.39 is 0 Å². The molecule has 3 aromatic rings. The van der Waals surface area contributed by atoms with Crippen LogP contribution in [0.25, 0.3) is 11.4 Å². The molecule has 0 amide bonds. The third-order valence-corrected chi connectivity index (χ3v) is 5.21. The lowest BCUT2D eigenvalue weighted by atomic mass is 10.1. The summed E-state index contributed by atoms with van der Waals surface area (Å²) in [5, 5.41) is 8.97. The molecule has 3 rings (SSSR count). The van der Waals surface area contributed by atoms with Gasteiger partial charge in [-0.25, -0.2) is 0 Å². The fraction of sp³-hybridized carbons (Fsp3) is 0.263. The molecule has 1 atom stereocenters. The van der Waals surface area contributed by atoms with Crippen molar-refractivity contribution in [1.82, 2.24) is 19.7 Å². The van der Waals surface area contributed by atoms with E-state index in [0.29, 0.717) is 0 Å². The van der Waals surface area contributed by atoms with Gasteiger partial charge >= 0.3 is 0 Å². The molecule has 0 fully saturated rings. The van der Waals surface area contributed by atoms with Crippen molar-refractivity contribution in [1.29, 1.82) is 0 Å². The van der Waals surface area contributed by atoms with Gasteiger partial charge in [0.25, 0.3) is 0 Å². The van der Waals surface area contributed by atoms with E-state index in [2.05, 4.69) is 22.1 Å². The second-order valence-corrected chi connectivity index (χ2v) is 7.08. The van der Waals surface area contributed by atoms with Gasteiger partial charge in [-0.3, -0.25) is 9.78 Å². The molecule has 0 aliphatic rings. The summed E-state index contributed by atoms with van der Waals surface area (Å²) in [6, 6.07) is 11.6. The minimum Gasteiger partial charge on any atom is -0.305 e. The van der Waals surface area contributed by atoms with Crippen LogP contribution in [0.4, 0.5) is 0 Å². The fourth-order valence-corrected chi connectivity index (χ4v) is 3.41. The number of thioether (sulfide) groups is 1. The predicted octanol–water partition coefficient (Wildman–Crippen LogP) is 3.80. The van der Waals surface area contributed by atoms with Crippen molar-refractivity contribution in [2.75, 3.05) is 0 Å². The molecule has 0 bridgehead atoms. The average molecular weight is 352 g/mol. The van der Waals surface area contributed by atoms with Gasteiger partial charge in [0.05, 0.1) is 5.25 Å². The van der Waals surface area contributed by atoms with Crippen LogP contribution < -0.4 is 0 Å². The molecule has 6 heteroatoms. The summed E-state index contributed by atoms with van der Waals surface area (Å²) < 4.78 is 1.91. The highest BCUT2D eigenvalue weighted by molar-refractivity contribution is 8.00. The molecule has 25 heavy (non-hydrogen) atoms. The molecule has 0 spiro atoms. The summed E-state index contributed by atoms with van der Waals surface area (Å²) in [5.74, 6) is 0.859. The van der Waals surface area contributed by atoms with Crippen molar-refractivity contribution in [2.24, 2.45) is 7.05 Å². The normalized spacial score (nSPS) is 12.1. The van der Waals surface area contributed by atoms with Crippen molar-refractivity contribution in [3.63, 3.8) is 0 Å². The lowest BCUT2D eigenvalue weighted by Gasteiger charge is -2.10. The summed E-state index contributed by atoms with van der Waals surface area (Å²) in [6.45, 7) is 4.01. The number of carbonyl (C=O) groups excluding carboxylic acids is 1. The fourth-order valence-electron chi connectivity index (χ4n) is 2.52. The number of Topliss-reactive ketones (excluding diaryl/α,β-unsaturated/α-hetero) is 1. The molecule has 0 radical (unpaired) electrons. The van der Waals surface area contributed by atoms with Crippen molar-refractivity contribution < 1.29 is 4.79 Å². The van der Waals surface area contributed by atoms with Gasteiger partial charge in [-0.2, -0.15) is 0 Å². The third kappa shape index (κ3) is 3.79. The lowest BCUT2D eigenvalue weighted by Crippen LogP contribution is -2.14. The number of aromatic nitrogens is 4. The smallest absolute Gasteiger partial charge is 0.191 e. The Labute approximate surface area is 151 Å². The molecule has 0 aliphatic carbocycles. The van der Waals surface area contributed by atoms with Crippen LogP contribution in [-0.4, -0.2) is 30.8 Å². The highest BCUT2D eigenvalue weighted by Crippen LogP contribution is 2.27. The van der Waals surface area contributed by atoms with Gasteiger partial charge in [0, 0.05) is 30.6 Å². The first-order valence-electron chi connectivity index (χ1n) is 8.19. The predicted molar refractivity (Wildman–Crippen MR) is 99.7 cm³/mol. The molecule has 0 saturated carbocycles. The van der Waals surface area contributed by atoms with E-state index in [9.17, 15) is 4.79 Å². The first kappa shape index (κ1) is 17.4. The summed E-state index contributed by atoms with van der Waals surface area (Å²) in [6.07, 6.45) is 4.42. The lowest BCUT2D eigenvalue weighted by molar-refractivity contribution is 0.0994. The summed E-state index contributed by atoms with van der Waals surface area (Å²) in [7, 11) is 1.91. The second kappa shape index (κ2) is 7.61. The van der Waals surface area contributed by atoms with E-state index in [1.165, 1.54) is 17.3 Å². The Morgan fingerprint density at radius 3 is 2.44 bits per heavy atom. The number of hydrogen-bond donors (Lipinski definition) is 0. The number of nitrogens with zero attached hydrogens (tertiary/aromatic N) is 4. The maximum Gasteiger partial charge on any atom is 0.191 e. The van der Waals surface area contributed by atoms with Crippen LogP contribution in [0.1, 0.15) is 29.8 Å². The molecule has 2 aromatic heterocycles. The van der Waals surface area contributed by atoms with Gasteiger partial charge in [0.15, 0.2) is 16.8 Å². The number of rotatable bonds is 6. The Hall–Kier alpha value is -2.47. The molecular weight excluding hydrogens is 332 g/mol. The van der Waals surface area contributed by atoms with Crippen LogP contribution in [-0.2, 0) is 13.5 Å². The first-order valence-corrected chi connectivity index (χ1v) is 9.07. The molecular formula is C19H20N4OS. The summed E-state index contributed by atoms with van der Waals surface area (Å²) in [5.41, 5.74) is 2.91. The van der Waals surface area contributed by atoms with Gasteiger partial charge in [-0.05, 0) is 31.0 Å². The van der Waals surface area contributed by atoms with Crippen molar-refractivity contribution in [2.45, 2.75) is 30.7 Å². The first-order chi connectivity index (χ1) is 12.1. The zero-order valence-electron chi connectivity index (χ0n) is 14.5. The van der Waals surface area contributed by atoms with Gasteiger partial charge < -0.3 is 4.57 Å². The summed E-state index contributed by atoms with van der Waals surface area (Å²) >= 11 is 1.42. The number of pyridine rings is 1. The molecule has 0 unspecified atom stereocenters. The number of benzene rings is 1. The standard InChI is InChI=1S/C19H20N4OS/c1-4-14-5-7-15(8-6-14)17(24)13(2)25-19-22-21-18(23(19)3)16-9-11-20-12-10-16/h5-13H,4H2,1-3H3/t13-/m0/s1.